The maximum atomic E-state index is 6.00. The molecule has 1 aromatic heterocycles. The standard InChI is InChI=1S/C28H29N3O4/c1-32-17-20(18-33-2)19-35-23-14-15-24(25(16-23)34-3)28-30-26(21-10-6-4-7-11-21)29-27(31-28)22-12-8-5-9-13-22/h4-16,20H,17-19H2,1-3H3. The van der Waals surface area contributed by atoms with Gasteiger partial charge in [0.2, 0.25) is 0 Å². The Morgan fingerprint density at radius 3 is 1.69 bits per heavy atom. The molecule has 1 heterocycles. The van der Waals surface area contributed by atoms with Crippen LogP contribution in [0.5, 0.6) is 11.5 Å². The van der Waals surface area contributed by atoms with Crippen molar-refractivity contribution < 1.29 is 18.9 Å². The minimum atomic E-state index is 0.126. The molecular formula is C28H29N3O4. The van der Waals surface area contributed by atoms with Gasteiger partial charge in [0.05, 0.1) is 32.5 Å². The fourth-order valence-electron chi connectivity index (χ4n) is 3.70. The molecule has 35 heavy (non-hydrogen) atoms. The Morgan fingerprint density at radius 1 is 0.629 bits per heavy atom. The molecular weight excluding hydrogens is 442 g/mol. The predicted molar refractivity (Wildman–Crippen MR) is 135 cm³/mol. The Kier molecular flexibility index (Phi) is 8.38. The highest BCUT2D eigenvalue weighted by molar-refractivity contribution is 5.70. The second-order valence-electron chi connectivity index (χ2n) is 7.99. The van der Waals surface area contributed by atoms with E-state index in [0.717, 1.165) is 16.7 Å². The zero-order valence-electron chi connectivity index (χ0n) is 20.2. The fraction of sp³-hybridized carbons (Fsp3) is 0.250. The van der Waals surface area contributed by atoms with E-state index in [2.05, 4.69) is 0 Å². The smallest absolute Gasteiger partial charge is 0.167 e. The van der Waals surface area contributed by atoms with Crippen LogP contribution in [0.1, 0.15) is 0 Å². The molecule has 0 aliphatic heterocycles. The Morgan fingerprint density at radius 2 is 1.17 bits per heavy atom. The van der Waals surface area contributed by atoms with E-state index < -0.39 is 0 Å². The van der Waals surface area contributed by atoms with Crippen molar-refractivity contribution in [3.05, 3.63) is 78.9 Å². The molecule has 4 rings (SSSR count). The summed E-state index contributed by atoms with van der Waals surface area (Å²) in [5, 5.41) is 0. The van der Waals surface area contributed by atoms with Crippen LogP contribution in [0.25, 0.3) is 34.2 Å². The van der Waals surface area contributed by atoms with Gasteiger partial charge in [-0.1, -0.05) is 60.7 Å². The Labute approximate surface area is 205 Å². The average molecular weight is 472 g/mol. The van der Waals surface area contributed by atoms with E-state index in [1.54, 1.807) is 21.3 Å². The van der Waals surface area contributed by atoms with Gasteiger partial charge in [0.1, 0.15) is 11.5 Å². The average Bonchev–Trinajstić information content (AvgIpc) is 2.92. The molecule has 0 bridgehead atoms. The van der Waals surface area contributed by atoms with E-state index in [-0.39, 0.29) is 5.92 Å². The van der Waals surface area contributed by atoms with Crippen LogP contribution in [0.4, 0.5) is 0 Å². The highest BCUT2D eigenvalue weighted by Gasteiger charge is 2.17. The molecule has 7 heteroatoms. The molecule has 0 aliphatic carbocycles. The largest absolute Gasteiger partial charge is 0.496 e. The lowest BCUT2D eigenvalue weighted by molar-refractivity contribution is 0.0579. The van der Waals surface area contributed by atoms with Crippen molar-refractivity contribution >= 4 is 0 Å². The minimum Gasteiger partial charge on any atom is -0.496 e. The lowest BCUT2D eigenvalue weighted by Crippen LogP contribution is -2.22. The van der Waals surface area contributed by atoms with Crippen LogP contribution in [0, 0.1) is 5.92 Å². The van der Waals surface area contributed by atoms with Crippen molar-refractivity contribution in [1.82, 2.24) is 15.0 Å². The molecule has 0 spiro atoms. The number of rotatable bonds is 11. The second-order valence-corrected chi connectivity index (χ2v) is 7.99. The number of hydrogen-bond donors (Lipinski definition) is 0. The third kappa shape index (κ3) is 6.20. The van der Waals surface area contributed by atoms with Crippen LogP contribution in [0.2, 0.25) is 0 Å². The minimum absolute atomic E-state index is 0.126. The molecule has 0 radical (unpaired) electrons. The Balaban J connectivity index is 1.70. The van der Waals surface area contributed by atoms with E-state index in [0.29, 0.717) is 48.8 Å². The van der Waals surface area contributed by atoms with Crippen molar-refractivity contribution in [2.24, 2.45) is 5.92 Å². The summed E-state index contributed by atoms with van der Waals surface area (Å²) in [6, 6.07) is 25.4. The summed E-state index contributed by atoms with van der Waals surface area (Å²) in [7, 11) is 4.96. The molecule has 4 aromatic rings. The Bertz CT molecular complexity index is 1160. The van der Waals surface area contributed by atoms with Gasteiger partial charge in [0.15, 0.2) is 17.5 Å². The molecule has 0 saturated heterocycles. The van der Waals surface area contributed by atoms with Gasteiger partial charge in [0.25, 0.3) is 0 Å². The number of nitrogens with zero attached hydrogens (tertiary/aromatic N) is 3. The van der Waals surface area contributed by atoms with Crippen molar-refractivity contribution in [1.29, 1.82) is 0 Å². The van der Waals surface area contributed by atoms with Crippen molar-refractivity contribution in [2.45, 2.75) is 0 Å². The third-order valence-electron chi connectivity index (χ3n) is 5.40. The van der Waals surface area contributed by atoms with Crippen LogP contribution < -0.4 is 9.47 Å². The lowest BCUT2D eigenvalue weighted by Gasteiger charge is -2.17. The predicted octanol–water partition coefficient (Wildman–Crippen LogP) is 5.17. The molecule has 3 aromatic carbocycles. The number of aromatic nitrogens is 3. The summed E-state index contributed by atoms with van der Waals surface area (Å²) in [6.07, 6.45) is 0. The normalized spacial score (nSPS) is 11.0. The van der Waals surface area contributed by atoms with Gasteiger partial charge >= 0.3 is 0 Å². The third-order valence-corrected chi connectivity index (χ3v) is 5.40. The van der Waals surface area contributed by atoms with Gasteiger partial charge < -0.3 is 18.9 Å². The zero-order chi connectivity index (χ0) is 24.5. The Hall–Kier alpha value is -3.81. The van der Waals surface area contributed by atoms with E-state index in [4.69, 9.17) is 33.9 Å². The van der Waals surface area contributed by atoms with E-state index in [9.17, 15) is 0 Å². The van der Waals surface area contributed by atoms with Crippen molar-refractivity contribution in [2.75, 3.05) is 41.2 Å². The van der Waals surface area contributed by atoms with Gasteiger partial charge in [-0.3, -0.25) is 0 Å². The lowest BCUT2D eigenvalue weighted by atomic mass is 10.1. The van der Waals surface area contributed by atoms with Crippen LogP contribution in [-0.2, 0) is 9.47 Å². The summed E-state index contributed by atoms with van der Waals surface area (Å²) in [5.41, 5.74) is 2.58. The summed E-state index contributed by atoms with van der Waals surface area (Å²) < 4.78 is 22.2. The number of benzene rings is 3. The van der Waals surface area contributed by atoms with Gasteiger partial charge in [-0.05, 0) is 12.1 Å². The van der Waals surface area contributed by atoms with Gasteiger partial charge in [-0.25, -0.2) is 15.0 Å². The molecule has 0 saturated carbocycles. The number of hydrogen-bond acceptors (Lipinski definition) is 7. The molecule has 0 atom stereocenters. The highest BCUT2D eigenvalue weighted by Crippen LogP contribution is 2.33. The van der Waals surface area contributed by atoms with E-state index in [1.807, 2.05) is 78.9 Å². The SMILES string of the molecule is COCC(COC)COc1ccc(-c2nc(-c3ccccc3)nc(-c3ccccc3)n2)c(OC)c1. The topological polar surface area (TPSA) is 75.6 Å². The molecule has 180 valence electrons. The molecule has 0 N–H and O–H groups in total. The first-order valence-electron chi connectivity index (χ1n) is 11.4. The van der Waals surface area contributed by atoms with Crippen LogP contribution >= 0.6 is 0 Å². The van der Waals surface area contributed by atoms with Crippen LogP contribution in [0.15, 0.2) is 78.9 Å². The van der Waals surface area contributed by atoms with E-state index >= 15 is 0 Å². The van der Waals surface area contributed by atoms with Crippen LogP contribution in [0.3, 0.4) is 0 Å². The molecule has 0 aliphatic rings. The zero-order valence-corrected chi connectivity index (χ0v) is 20.2. The summed E-state index contributed by atoms with van der Waals surface area (Å²) in [4.78, 5) is 14.3. The maximum absolute atomic E-state index is 6.00. The molecule has 0 amide bonds. The number of ether oxygens (including phenoxy) is 4. The van der Waals surface area contributed by atoms with Crippen molar-refractivity contribution in [3.63, 3.8) is 0 Å². The highest BCUT2D eigenvalue weighted by atomic mass is 16.5. The molecule has 0 fully saturated rings. The first-order chi connectivity index (χ1) is 17.2. The first kappa shape index (κ1) is 24.3. The summed E-state index contributed by atoms with van der Waals surface area (Å²) in [6.45, 7) is 1.57. The number of methoxy groups -OCH3 is 3. The summed E-state index contributed by atoms with van der Waals surface area (Å²) >= 11 is 0. The first-order valence-corrected chi connectivity index (χ1v) is 11.4. The quantitative estimate of drug-likeness (QED) is 0.299. The fourth-order valence-corrected chi connectivity index (χ4v) is 3.70. The molecule has 7 nitrogen and oxygen atoms in total. The van der Waals surface area contributed by atoms with Gasteiger partial charge in [0, 0.05) is 37.3 Å². The maximum Gasteiger partial charge on any atom is 0.167 e. The second kappa shape index (κ2) is 12.1. The van der Waals surface area contributed by atoms with E-state index in [1.165, 1.54) is 0 Å². The van der Waals surface area contributed by atoms with Gasteiger partial charge in [-0.15, -0.1) is 0 Å². The summed E-state index contributed by atoms with van der Waals surface area (Å²) in [5.74, 6) is 3.14. The van der Waals surface area contributed by atoms with Gasteiger partial charge in [-0.2, -0.15) is 0 Å². The van der Waals surface area contributed by atoms with Crippen LogP contribution in [-0.4, -0.2) is 56.1 Å². The van der Waals surface area contributed by atoms with Crippen molar-refractivity contribution in [3.8, 4) is 45.7 Å². The molecule has 0 unspecified atom stereocenters. The monoisotopic (exact) mass is 471 g/mol.